The number of likely N-dealkylation sites (tertiary alicyclic amines) is 1. The van der Waals surface area contributed by atoms with Crippen molar-refractivity contribution in [2.24, 2.45) is 0 Å². The topological polar surface area (TPSA) is 127 Å². The molecule has 2 aromatic heterocycles. The monoisotopic (exact) mass is 690 g/mol. The maximum Gasteiger partial charge on any atom is 0.320 e. The lowest BCUT2D eigenvalue weighted by Crippen LogP contribution is -2.58. The van der Waals surface area contributed by atoms with E-state index in [-0.39, 0.29) is 11.6 Å². The van der Waals surface area contributed by atoms with Crippen molar-refractivity contribution in [3.8, 4) is 0 Å². The van der Waals surface area contributed by atoms with Gasteiger partial charge in [-0.1, -0.05) is 66.6 Å². The molecule has 0 radical (unpaired) electrons. The van der Waals surface area contributed by atoms with Gasteiger partial charge in [-0.05, 0) is 67.3 Å². The third-order valence-electron chi connectivity index (χ3n) is 9.10. The molecule has 250 valence electrons. The summed E-state index contributed by atoms with van der Waals surface area (Å²) in [5.41, 5.74) is 2.43. The van der Waals surface area contributed by atoms with Crippen LogP contribution < -0.4 is 5.32 Å². The number of nitrogens with zero attached hydrogens (tertiary/aromatic N) is 3. The van der Waals surface area contributed by atoms with Crippen molar-refractivity contribution in [3.05, 3.63) is 112 Å². The summed E-state index contributed by atoms with van der Waals surface area (Å²) in [6, 6.07) is 16.0. The Balaban J connectivity index is 1.42. The predicted molar refractivity (Wildman–Crippen MR) is 183 cm³/mol. The summed E-state index contributed by atoms with van der Waals surface area (Å²) >= 11 is 14.3. The average Bonchev–Trinajstić information content (AvgIpc) is 3.52. The molecule has 3 heterocycles. The number of nitrogens with one attached hydrogen (secondary N) is 1. The van der Waals surface area contributed by atoms with Gasteiger partial charge in [0.25, 0.3) is 5.91 Å². The molecule has 2 aromatic carbocycles. The van der Waals surface area contributed by atoms with Crippen LogP contribution in [0.1, 0.15) is 65.5 Å². The third kappa shape index (κ3) is 6.26. The number of pyridine rings is 1. The molecule has 1 amide bonds. The molecule has 1 aliphatic carbocycles. The molecular weight excluding hydrogens is 655 g/mol. The van der Waals surface area contributed by atoms with Crippen molar-refractivity contribution in [2.75, 3.05) is 20.8 Å². The number of oxazole rings is 1. The highest BCUT2D eigenvalue weighted by molar-refractivity contribution is 6.35. The molecule has 3 atom stereocenters. The third-order valence-corrected chi connectivity index (χ3v) is 9.88. The summed E-state index contributed by atoms with van der Waals surface area (Å²) in [7, 11) is 3.03. The molecule has 4 aromatic rings. The molecule has 2 aliphatic rings. The molecule has 48 heavy (non-hydrogen) atoms. The smallest absolute Gasteiger partial charge is 0.320 e. The second kappa shape index (κ2) is 13.8. The number of amides is 1. The van der Waals surface area contributed by atoms with Crippen molar-refractivity contribution in [1.82, 2.24) is 20.2 Å². The highest BCUT2D eigenvalue weighted by atomic mass is 35.5. The Kier molecular flexibility index (Phi) is 9.74. The van der Waals surface area contributed by atoms with E-state index < -0.39 is 34.6 Å². The van der Waals surface area contributed by atoms with Crippen LogP contribution >= 0.6 is 23.2 Å². The number of benzene rings is 2. The number of carbonyl (C=O) groups is 2. The number of carboxylic acids is 1. The lowest BCUT2D eigenvalue weighted by Gasteiger charge is -2.44. The van der Waals surface area contributed by atoms with Gasteiger partial charge in [0.05, 0.1) is 5.02 Å². The Labute approximate surface area is 288 Å². The zero-order valence-corrected chi connectivity index (χ0v) is 28.3. The van der Waals surface area contributed by atoms with E-state index in [0.29, 0.717) is 41.2 Å². The second-order valence-corrected chi connectivity index (χ2v) is 13.3. The molecule has 1 aliphatic heterocycles. The number of alkyl halides is 1. The van der Waals surface area contributed by atoms with Crippen molar-refractivity contribution < 1.29 is 28.6 Å². The maximum atomic E-state index is 14.0. The predicted octanol–water partition coefficient (Wildman–Crippen LogP) is 6.88. The van der Waals surface area contributed by atoms with Gasteiger partial charge in [-0.2, -0.15) is 0 Å². The fraction of sp³-hybridized carbons (Fsp3) is 0.333. The Morgan fingerprint density at radius 2 is 1.92 bits per heavy atom. The van der Waals surface area contributed by atoms with Crippen LogP contribution in [0.5, 0.6) is 0 Å². The Morgan fingerprint density at radius 3 is 2.60 bits per heavy atom. The lowest BCUT2D eigenvalue weighted by molar-refractivity contribution is -0.144. The number of fused-ring (bicyclic) bond motifs is 1. The minimum atomic E-state index is -1.50. The van der Waals surface area contributed by atoms with Crippen LogP contribution in [-0.4, -0.2) is 63.5 Å². The van der Waals surface area contributed by atoms with E-state index in [2.05, 4.69) is 10.3 Å². The van der Waals surface area contributed by atoms with E-state index in [1.54, 1.807) is 31.2 Å². The van der Waals surface area contributed by atoms with Crippen LogP contribution in [0.3, 0.4) is 0 Å². The number of hydrogen-bond acceptors (Lipinski definition) is 8. The number of methoxy groups -OCH3 is 2. The van der Waals surface area contributed by atoms with Gasteiger partial charge < -0.3 is 24.3 Å². The molecule has 0 saturated carbocycles. The highest BCUT2D eigenvalue weighted by Crippen LogP contribution is 2.50. The van der Waals surface area contributed by atoms with E-state index in [9.17, 15) is 14.7 Å². The van der Waals surface area contributed by atoms with Gasteiger partial charge >= 0.3 is 5.97 Å². The van der Waals surface area contributed by atoms with Gasteiger partial charge in [-0.3, -0.25) is 19.5 Å². The second-order valence-electron chi connectivity index (χ2n) is 12.1. The zero-order valence-electron chi connectivity index (χ0n) is 26.8. The van der Waals surface area contributed by atoms with Gasteiger partial charge in [0, 0.05) is 32.5 Å². The molecule has 2 N–H and O–H groups in total. The van der Waals surface area contributed by atoms with E-state index in [1.165, 1.54) is 20.4 Å². The van der Waals surface area contributed by atoms with Gasteiger partial charge in [-0.15, -0.1) is 11.6 Å². The van der Waals surface area contributed by atoms with Crippen LogP contribution in [-0.2, 0) is 26.4 Å². The average molecular weight is 692 g/mol. The summed E-state index contributed by atoms with van der Waals surface area (Å²) in [5, 5.41) is 13.2. The van der Waals surface area contributed by atoms with E-state index in [1.807, 2.05) is 53.5 Å². The van der Waals surface area contributed by atoms with Crippen molar-refractivity contribution in [1.29, 1.82) is 0 Å². The van der Waals surface area contributed by atoms with E-state index >= 15 is 0 Å². The Bertz CT molecular complexity index is 1870. The number of halogens is 2. The van der Waals surface area contributed by atoms with Crippen LogP contribution in [0.2, 0.25) is 5.02 Å². The highest BCUT2D eigenvalue weighted by Gasteiger charge is 2.55. The summed E-state index contributed by atoms with van der Waals surface area (Å²) in [6.07, 6.45) is 8.75. The normalized spacial score (nSPS) is 23.0. The maximum absolute atomic E-state index is 14.0. The number of carbonyl (C=O) groups excluding carboxylic acids is 1. The first-order valence-corrected chi connectivity index (χ1v) is 16.4. The quantitative estimate of drug-likeness (QED) is 0.135. The van der Waals surface area contributed by atoms with E-state index in [0.717, 1.165) is 29.5 Å². The first-order chi connectivity index (χ1) is 23.1. The largest absolute Gasteiger partial charge is 0.480 e. The number of carboxylic acid groups (broad SMARTS) is 1. The van der Waals surface area contributed by atoms with Gasteiger partial charge in [-0.25, -0.2) is 4.98 Å². The van der Waals surface area contributed by atoms with Crippen LogP contribution in [0.25, 0.3) is 16.7 Å². The van der Waals surface area contributed by atoms with Gasteiger partial charge in [0.2, 0.25) is 5.89 Å². The number of aromatic nitrogens is 2. The summed E-state index contributed by atoms with van der Waals surface area (Å²) in [5.74, 6) is -1.23. The van der Waals surface area contributed by atoms with Crippen molar-refractivity contribution in [3.63, 3.8) is 0 Å². The fourth-order valence-electron chi connectivity index (χ4n) is 6.58. The summed E-state index contributed by atoms with van der Waals surface area (Å²) < 4.78 is 17.0. The molecule has 1 saturated heterocycles. The minimum Gasteiger partial charge on any atom is -0.480 e. The Morgan fingerprint density at radius 1 is 1.15 bits per heavy atom. The number of allylic oxidation sites excluding steroid dienone is 2. The SMILES string of the molecule is COC(OC)c1ccc(C(=O)NC2(c3nc4cc(CN5CCCCC5C(=O)O)cc(Cl)c4o3)C=CC=C(c3ccccc3)C2(C)Cl)nc1. The number of piperidine rings is 1. The zero-order chi connectivity index (χ0) is 34.1. The fourth-order valence-corrected chi connectivity index (χ4v) is 7.21. The number of rotatable bonds is 10. The number of ether oxygens (including phenoxy) is 2. The molecule has 1 fully saturated rings. The first-order valence-electron chi connectivity index (χ1n) is 15.6. The minimum absolute atomic E-state index is 0.122. The first kappa shape index (κ1) is 33.8. The molecule has 12 heteroatoms. The summed E-state index contributed by atoms with van der Waals surface area (Å²) in [6.45, 7) is 2.86. The van der Waals surface area contributed by atoms with Crippen molar-refractivity contribution in [2.45, 2.75) is 55.5 Å². The van der Waals surface area contributed by atoms with Crippen LogP contribution in [0.4, 0.5) is 0 Å². The van der Waals surface area contributed by atoms with E-state index in [4.69, 9.17) is 42.1 Å². The summed E-state index contributed by atoms with van der Waals surface area (Å²) in [4.78, 5) is 35.8. The van der Waals surface area contributed by atoms with Gasteiger partial charge in [0.15, 0.2) is 17.4 Å². The molecule has 0 bridgehead atoms. The lowest BCUT2D eigenvalue weighted by atomic mass is 9.73. The van der Waals surface area contributed by atoms with Crippen LogP contribution in [0.15, 0.2) is 83.4 Å². The molecule has 10 nitrogen and oxygen atoms in total. The van der Waals surface area contributed by atoms with Crippen molar-refractivity contribution >= 4 is 51.8 Å². The molecule has 3 unspecified atom stereocenters. The molecule has 6 rings (SSSR count). The number of hydrogen-bond donors (Lipinski definition) is 2. The molecular formula is C36H36Cl2N4O6. The van der Waals surface area contributed by atoms with Crippen LogP contribution in [0, 0.1) is 0 Å². The Hall–Kier alpha value is -4.06. The molecule has 0 spiro atoms. The standard InChI is InChI=1S/C36H36Cl2N4O6/c1-35(38)25(23-10-5-4-6-11-23)12-9-16-36(35,41-31(43)27-15-14-24(20-39-27)33(46-2)47-3)34-40-28-19-22(18-26(37)30(28)48-34)21-42-17-8-7-13-29(42)32(44)45/h4-6,9-12,14-16,18-20,29,33H,7-8,13,17,21H2,1-3H3,(H,41,43)(H,44,45). The van der Waals surface area contributed by atoms with Gasteiger partial charge in [0.1, 0.15) is 22.1 Å². The number of aliphatic carboxylic acids is 1.